The Morgan fingerprint density at radius 3 is 2.71 bits per heavy atom. The van der Waals surface area contributed by atoms with Crippen LogP contribution >= 0.6 is 0 Å². The molecule has 0 radical (unpaired) electrons. The molecule has 21 heavy (non-hydrogen) atoms. The van der Waals surface area contributed by atoms with E-state index in [1.807, 2.05) is 38.1 Å². The standard InChI is InChI=1S/C17H21NO3/c1-4-17(5-2)14(19)10-12-15(20-3)11-8-6-7-9-13(11)18-16(12)21-17/h6-9,14,19H,4-5,10H2,1-3H3. The van der Waals surface area contributed by atoms with Crippen LogP contribution in [0.3, 0.4) is 0 Å². The molecule has 2 aromatic rings. The summed E-state index contributed by atoms with van der Waals surface area (Å²) in [6, 6.07) is 7.84. The predicted octanol–water partition coefficient (Wildman–Crippen LogP) is 3.10. The van der Waals surface area contributed by atoms with E-state index in [-0.39, 0.29) is 0 Å². The summed E-state index contributed by atoms with van der Waals surface area (Å²) in [4.78, 5) is 4.64. The first-order valence-corrected chi connectivity index (χ1v) is 7.48. The first kappa shape index (κ1) is 14.1. The molecule has 0 fully saturated rings. The molecule has 2 heterocycles. The van der Waals surface area contributed by atoms with Gasteiger partial charge < -0.3 is 14.6 Å². The van der Waals surface area contributed by atoms with Crippen LogP contribution in [0.25, 0.3) is 10.9 Å². The van der Waals surface area contributed by atoms with E-state index in [4.69, 9.17) is 9.47 Å². The molecule has 0 amide bonds. The number of fused-ring (bicyclic) bond motifs is 2. The topological polar surface area (TPSA) is 51.6 Å². The normalized spacial score (nSPS) is 19.9. The van der Waals surface area contributed by atoms with Crippen molar-refractivity contribution in [3.8, 4) is 11.6 Å². The zero-order valence-corrected chi connectivity index (χ0v) is 12.7. The molecule has 1 aromatic carbocycles. The summed E-state index contributed by atoms with van der Waals surface area (Å²) in [5.41, 5.74) is 1.17. The summed E-state index contributed by atoms with van der Waals surface area (Å²) >= 11 is 0. The fourth-order valence-corrected chi connectivity index (χ4v) is 3.20. The number of aliphatic hydroxyl groups excluding tert-OH is 1. The molecule has 0 saturated carbocycles. The highest BCUT2D eigenvalue weighted by atomic mass is 16.5. The number of rotatable bonds is 3. The van der Waals surface area contributed by atoms with Gasteiger partial charge in [-0.25, -0.2) is 4.98 Å². The van der Waals surface area contributed by atoms with Crippen molar-refractivity contribution in [3.05, 3.63) is 29.8 Å². The highest BCUT2D eigenvalue weighted by molar-refractivity contribution is 5.87. The van der Waals surface area contributed by atoms with Crippen molar-refractivity contribution in [2.45, 2.75) is 44.8 Å². The lowest BCUT2D eigenvalue weighted by Crippen LogP contribution is -2.50. The Hall–Kier alpha value is -1.81. The van der Waals surface area contributed by atoms with Crippen molar-refractivity contribution in [1.29, 1.82) is 0 Å². The van der Waals surface area contributed by atoms with Crippen LogP contribution in [0.2, 0.25) is 0 Å². The molecule has 112 valence electrons. The minimum atomic E-state index is -0.548. The number of aromatic nitrogens is 1. The Bertz CT molecular complexity index is 664. The molecule has 4 heteroatoms. The van der Waals surface area contributed by atoms with Crippen LogP contribution in [0, 0.1) is 0 Å². The average Bonchev–Trinajstić information content (AvgIpc) is 2.52. The third-order valence-corrected chi connectivity index (χ3v) is 4.61. The average molecular weight is 287 g/mol. The molecular formula is C17H21NO3. The third kappa shape index (κ3) is 2.05. The molecule has 0 bridgehead atoms. The van der Waals surface area contributed by atoms with Gasteiger partial charge in [-0.3, -0.25) is 0 Å². The van der Waals surface area contributed by atoms with Gasteiger partial charge in [-0.2, -0.15) is 0 Å². The highest BCUT2D eigenvalue weighted by Gasteiger charge is 2.43. The zero-order valence-electron chi connectivity index (χ0n) is 12.7. The van der Waals surface area contributed by atoms with Gasteiger partial charge in [0.15, 0.2) is 0 Å². The lowest BCUT2D eigenvalue weighted by molar-refractivity contribution is -0.0748. The fraction of sp³-hybridized carbons (Fsp3) is 0.471. The zero-order chi connectivity index (χ0) is 15.0. The Morgan fingerprint density at radius 1 is 1.33 bits per heavy atom. The van der Waals surface area contributed by atoms with Crippen LogP contribution in [0.1, 0.15) is 32.3 Å². The maximum Gasteiger partial charge on any atom is 0.221 e. The number of benzene rings is 1. The van der Waals surface area contributed by atoms with Gasteiger partial charge in [0.1, 0.15) is 11.4 Å². The van der Waals surface area contributed by atoms with E-state index >= 15 is 0 Å². The van der Waals surface area contributed by atoms with Gasteiger partial charge in [0.05, 0.1) is 24.3 Å². The monoisotopic (exact) mass is 287 g/mol. The molecule has 1 aromatic heterocycles. The molecule has 0 saturated heterocycles. The molecule has 3 rings (SSSR count). The van der Waals surface area contributed by atoms with E-state index in [1.54, 1.807) is 7.11 Å². The van der Waals surface area contributed by atoms with E-state index in [2.05, 4.69) is 4.98 Å². The smallest absolute Gasteiger partial charge is 0.221 e. The number of hydrogen-bond acceptors (Lipinski definition) is 4. The van der Waals surface area contributed by atoms with Gasteiger partial charge in [0.2, 0.25) is 5.88 Å². The minimum Gasteiger partial charge on any atom is -0.496 e. The number of ether oxygens (including phenoxy) is 2. The van der Waals surface area contributed by atoms with Crippen LogP contribution in [0.5, 0.6) is 11.6 Å². The van der Waals surface area contributed by atoms with Gasteiger partial charge in [-0.05, 0) is 25.0 Å². The molecule has 1 unspecified atom stereocenters. The van der Waals surface area contributed by atoms with Crippen molar-refractivity contribution >= 4 is 10.9 Å². The Kier molecular flexibility index (Phi) is 3.49. The highest BCUT2D eigenvalue weighted by Crippen LogP contribution is 2.43. The lowest BCUT2D eigenvalue weighted by Gasteiger charge is -2.41. The summed E-state index contributed by atoms with van der Waals surface area (Å²) in [7, 11) is 1.65. The van der Waals surface area contributed by atoms with Gasteiger partial charge in [-0.15, -0.1) is 0 Å². The molecule has 1 aliphatic rings. The number of methoxy groups -OCH3 is 1. The summed E-state index contributed by atoms with van der Waals surface area (Å²) in [6.07, 6.45) is 1.47. The predicted molar refractivity (Wildman–Crippen MR) is 81.9 cm³/mol. The van der Waals surface area contributed by atoms with Crippen molar-refractivity contribution in [2.75, 3.05) is 7.11 Å². The van der Waals surface area contributed by atoms with Gasteiger partial charge in [0.25, 0.3) is 0 Å². The van der Waals surface area contributed by atoms with E-state index in [9.17, 15) is 5.11 Å². The maximum atomic E-state index is 10.5. The first-order chi connectivity index (χ1) is 10.1. The van der Waals surface area contributed by atoms with E-state index < -0.39 is 11.7 Å². The number of pyridine rings is 1. The quantitative estimate of drug-likeness (QED) is 0.942. The summed E-state index contributed by atoms with van der Waals surface area (Å²) in [6.45, 7) is 4.08. The van der Waals surface area contributed by atoms with E-state index in [0.29, 0.717) is 12.3 Å². The van der Waals surface area contributed by atoms with Gasteiger partial charge >= 0.3 is 0 Å². The van der Waals surface area contributed by atoms with Gasteiger partial charge in [0, 0.05) is 11.8 Å². The fourth-order valence-electron chi connectivity index (χ4n) is 3.20. The minimum absolute atomic E-state index is 0.512. The molecule has 0 aliphatic carbocycles. The second-order valence-electron chi connectivity index (χ2n) is 5.54. The number of para-hydroxylation sites is 1. The Morgan fingerprint density at radius 2 is 2.05 bits per heavy atom. The van der Waals surface area contributed by atoms with Crippen molar-refractivity contribution in [3.63, 3.8) is 0 Å². The third-order valence-electron chi connectivity index (χ3n) is 4.61. The Balaban J connectivity index is 2.21. The summed E-state index contributed by atoms with van der Waals surface area (Å²) in [5.74, 6) is 1.36. The van der Waals surface area contributed by atoms with Crippen molar-refractivity contribution in [1.82, 2.24) is 4.98 Å². The molecule has 1 aliphatic heterocycles. The van der Waals surface area contributed by atoms with E-state index in [1.165, 1.54) is 0 Å². The SMILES string of the molecule is CCC1(CC)Oc2nc3ccccc3c(OC)c2CC1O. The van der Waals surface area contributed by atoms with Crippen molar-refractivity contribution in [2.24, 2.45) is 0 Å². The summed E-state index contributed by atoms with van der Waals surface area (Å²) < 4.78 is 11.7. The van der Waals surface area contributed by atoms with Crippen LogP contribution in [-0.2, 0) is 6.42 Å². The lowest BCUT2D eigenvalue weighted by atomic mass is 9.84. The van der Waals surface area contributed by atoms with Gasteiger partial charge in [-0.1, -0.05) is 26.0 Å². The molecular weight excluding hydrogens is 266 g/mol. The maximum absolute atomic E-state index is 10.5. The number of aliphatic hydroxyl groups is 1. The summed E-state index contributed by atoms with van der Waals surface area (Å²) in [5, 5.41) is 11.5. The number of hydrogen-bond donors (Lipinski definition) is 1. The molecule has 4 nitrogen and oxygen atoms in total. The Labute approximate surface area is 124 Å². The second-order valence-corrected chi connectivity index (χ2v) is 5.54. The number of nitrogens with zero attached hydrogens (tertiary/aromatic N) is 1. The van der Waals surface area contributed by atoms with Crippen LogP contribution in [0.4, 0.5) is 0 Å². The van der Waals surface area contributed by atoms with Crippen LogP contribution in [-0.4, -0.2) is 28.9 Å². The second kappa shape index (κ2) is 5.19. The van der Waals surface area contributed by atoms with Crippen molar-refractivity contribution < 1.29 is 14.6 Å². The largest absolute Gasteiger partial charge is 0.496 e. The van der Waals surface area contributed by atoms with Crippen LogP contribution in [0.15, 0.2) is 24.3 Å². The molecule has 1 N–H and O–H groups in total. The van der Waals surface area contributed by atoms with Crippen LogP contribution < -0.4 is 9.47 Å². The van der Waals surface area contributed by atoms with E-state index in [0.717, 1.165) is 35.1 Å². The molecule has 0 spiro atoms. The molecule has 1 atom stereocenters. The first-order valence-electron chi connectivity index (χ1n) is 7.48.